The van der Waals surface area contributed by atoms with E-state index in [1.165, 1.54) is 6.07 Å². The summed E-state index contributed by atoms with van der Waals surface area (Å²) in [6.07, 6.45) is 0.213. The van der Waals surface area contributed by atoms with E-state index in [2.05, 4.69) is 15.9 Å². The van der Waals surface area contributed by atoms with E-state index in [1.54, 1.807) is 13.0 Å². The van der Waals surface area contributed by atoms with Gasteiger partial charge in [-0.25, -0.2) is 4.39 Å². The van der Waals surface area contributed by atoms with Gasteiger partial charge in [0.2, 0.25) is 0 Å². The maximum Gasteiger partial charge on any atom is 0.306 e. The highest BCUT2D eigenvalue weighted by Gasteiger charge is 2.16. The second-order valence-electron chi connectivity index (χ2n) is 3.30. The van der Waals surface area contributed by atoms with E-state index in [0.29, 0.717) is 10.0 Å². The van der Waals surface area contributed by atoms with Gasteiger partial charge in [0.05, 0.1) is 10.9 Å². The molecule has 0 saturated carbocycles. The molecule has 0 aliphatic heterocycles. The van der Waals surface area contributed by atoms with Crippen LogP contribution in [0, 0.1) is 11.7 Å². The number of carboxylic acids is 1. The summed E-state index contributed by atoms with van der Waals surface area (Å²) < 4.78 is 13.7. The molecule has 1 aromatic carbocycles. The lowest BCUT2D eigenvalue weighted by molar-refractivity contribution is -0.141. The first-order valence-electron chi connectivity index (χ1n) is 4.28. The Kier molecular flexibility index (Phi) is 4.11. The number of halogens is 3. The Bertz CT molecular complexity index is 395. The lowest BCUT2D eigenvalue weighted by atomic mass is 10.0. The van der Waals surface area contributed by atoms with Gasteiger partial charge in [-0.1, -0.05) is 34.5 Å². The van der Waals surface area contributed by atoms with Gasteiger partial charge in [0, 0.05) is 4.47 Å². The zero-order valence-corrected chi connectivity index (χ0v) is 10.3. The lowest BCUT2D eigenvalue weighted by Gasteiger charge is -2.09. The van der Waals surface area contributed by atoms with E-state index in [-0.39, 0.29) is 11.4 Å². The first-order valence-corrected chi connectivity index (χ1v) is 5.45. The number of hydrogen-bond acceptors (Lipinski definition) is 1. The van der Waals surface area contributed by atoms with Crippen molar-refractivity contribution in [2.75, 3.05) is 0 Å². The molecule has 15 heavy (non-hydrogen) atoms. The van der Waals surface area contributed by atoms with Crippen LogP contribution in [0.3, 0.4) is 0 Å². The number of hydrogen-bond donors (Lipinski definition) is 1. The van der Waals surface area contributed by atoms with E-state index < -0.39 is 17.7 Å². The molecular weight excluding hydrogens is 286 g/mol. The highest BCUT2D eigenvalue weighted by Crippen LogP contribution is 2.26. The average Bonchev–Trinajstić information content (AvgIpc) is 2.13. The van der Waals surface area contributed by atoms with Crippen LogP contribution in [-0.2, 0) is 11.2 Å². The third kappa shape index (κ3) is 3.18. The SMILES string of the molecule is CC(Cc1cc(Br)cc(F)c1Cl)C(=O)O. The Morgan fingerprint density at radius 3 is 2.80 bits per heavy atom. The number of benzene rings is 1. The van der Waals surface area contributed by atoms with Crippen molar-refractivity contribution in [2.45, 2.75) is 13.3 Å². The molecule has 1 atom stereocenters. The van der Waals surface area contributed by atoms with Crippen LogP contribution >= 0.6 is 27.5 Å². The number of carboxylic acid groups (broad SMARTS) is 1. The van der Waals surface area contributed by atoms with Gasteiger partial charge in [0.15, 0.2) is 0 Å². The number of aliphatic carboxylic acids is 1. The van der Waals surface area contributed by atoms with E-state index in [9.17, 15) is 9.18 Å². The topological polar surface area (TPSA) is 37.3 Å². The van der Waals surface area contributed by atoms with E-state index in [1.807, 2.05) is 0 Å². The maximum atomic E-state index is 13.2. The molecule has 0 aromatic heterocycles. The second kappa shape index (κ2) is 4.94. The molecule has 2 nitrogen and oxygen atoms in total. The summed E-state index contributed by atoms with van der Waals surface area (Å²) in [5.41, 5.74) is 0.499. The molecule has 1 N–H and O–H groups in total. The van der Waals surface area contributed by atoms with Crippen molar-refractivity contribution in [1.82, 2.24) is 0 Å². The summed E-state index contributed by atoms with van der Waals surface area (Å²) in [4.78, 5) is 10.6. The van der Waals surface area contributed by atoms with E-state index in [0.717, 1.165) is 0 Å². The minimum Gasteiger partial charge on any atom is -0.481 e. The van der Waals surface area contributed by atoms with Crippen LogP contribution in [0.15, 0.2) is 16.6 Å². The molecule has 0 spiro atoms. The first kappa shape index (κ1) is 12.5. The molecule has 0 bridgehead atoms. The summed E-state index contributed by atoms with van der Waals surface area (Å²) >= 11 is 8.85. The van der Waals surface area contributed by atoms with Crippen molar-refractivity contribution in [3.63, 3.8) is 0 Å². The van der Waals surface area contributed by atoms with Crippen LogP contribution in [0.25, 0.3) is 0 Å². The molecule has 0 fully saturated rings. The van der Waals surface area contributed by atoms with E-state index >= 15 is 0 Å². The maximum absolute atomic E-state index is 13.2. The summed E-state index contributed by atoms with van der Waals surface area (Å²) in [6.45, 7) is 1.55. The first-order chi connectivity index (χ1) is 6.91. The normalized spacial score (nSPS) is 12.5. The lowest BCUT2D eigenvalue weighted by Crippen LogP contribution is -2.12. The number of carbonyl (C=O) groups is 1. The smallest absolute Gasteiger partial charge is 0.306 e. The Balaban J connectivity index is 2.99. The van der Waals surface area contributed by atoms with Gasteiger partial charge in [-0.2, -0.15) is 0 Å². The highest BCUT2D eigenvalue weighted by molar-refractivity contribution is 9.10. The fourth-order valence-electron chi connectivity index (χ4n) is 1.17. The molecule has 0 aliphatic rings. The van der Waals surface area contributed by atoms with Crippen molar-refractivity contribution in [3.05, 3.63) is 33.0 Å². The van der Waals surface area contributed by atoms with Crippen LogP contribution in [0.2, 0.25) is 5.02 Å². The molecule has 0 aliphatic carbocycles. The third-order valence-corrected chi connectivity index (χ3v) is 2.90. The fourth-order valence-corrected chi connectivity index (χ4v) is 1.84. The molecule has 0 amide bonds. The van der Waals surface area contributed by atoms with Crippen LogP contribution in [0.1, 0.15) is 12.5 Å². The van der Waals surface area contributed by atoms with Gasteiger partial charge in [-0.15, -0.1) is 0 Å². The summed E-state index contributed by atoms with van der Waals surface area (Å²) in [6, 6.07) is 2.88. The zero-order valence-electron chi connectivity index (χ0n) is 7.93. The minimum atomic E-state index is -0.925. The van der Waals surface area contributed by atoms with Gasteiger partial charge < -0.3 is 5.11 Å². The van der Waals surface area contributed by atoms with Crippen LogP contribution < -0.4 is 0 Å². The van der Waals surface area contributed by atoms with Crippen molar-refractivity contribution >= 4 is 33.5 Å². The van der Waals surface area contributed by atoms with Gasteiger partial charge >= 0.3 is 5.97 Å². The summed E-state index contributed by atoms with van der Waals surface area (Å²) in [7, 11) is 0. The molecule has 82 valence electrons. The Morgan fingerprint density at radius 2 is 2.27 bits per heavy atom. The highest BCUT2D eigenvalue weighted by atomic mass is 79.9. The van der Waals surface area contributed by atoms with Gasteiger partial charge in [0.25, 0.3) is 0 Å². The molecule has 1 aromatic rings. The summed E-state index contributed by atoms with van der Waals surface area (Å²) in [5.74, 6) is -2.05. The van der Waals surface area contributed by atoms with Crippen molar-refractivity contribution in [3.8, 4) is 0 Å². The quantitative estimate of drug-likeness (QED) is 0.867. The standard InChI is InChI=1S/C10H9BrClFO2/c1-5(10(14)15)2-6-3-7(11)4-8(13)9(6)12/h3-5H,2H2,1H3,(H,14,15). The largest absolute Gasteiger partial charge is 0.481 e. The second-order valence-corrected chi connectivity index (χ2v) is 4.60. The van der Waals surface area contributed by atoms with Crippen molar-refractivity contribution in [2.24, 2.45) is 5.92 Å². The monoisotopic (exact) mass is 294 g/mol. The molecule has 0 heterocycles. The molecule has 5 heteroatoms. The fraction of sp³-hybridized carbons (Fsp3) is 0.300. The minimum absolute atomic E-state index is 0.00806. The Morgan fingerprint density at radius 1 is 1.67 bits per heavy atom. The van der Waals surface area contributed by atoms with Crippen LogP contribution in [0.5, 0.6) is 0 Å². The molecule has 0 radical (unpaired) electrons. The molecule has 1 rings (SSSR count). The predicted molar refractivity (Wildman–Crippen MR) is 59.6 cm³/mol. The predicted octanol–water partition coefficient (Wildman–Crippen LogP) is 3.50. The average molecular weight is 296 g/mol. The molecular formula is C10H9BrClFO2. The van der Waals surface area contributed by atoms with Crippen LogP contribution in [-0.4, -0.2) is 11.1 Å². The molecule has 1 unspecified atom stereocenters. The Hall–Kier alpha value is -0.610. The summed E-state index contributed by atoms with van der Waals surface area (Å²) in [5, 5.41) is 8.72. The zero-order chi connectivity index (χ0) is 11.6. The van der Waals surface area contributed by atoms with Crippen LogP contribution in [0.4, 0.5) is 4.39 Å². The van der Waals surface area contributed by atoms with Gasteiger partial charge in [-0.05, 0) is 24.1 Å². The van der Waals surface area contributed by atoms with Crippen molar-refractivity contribution in [1.29, 1.82) is 0 Å². The van der Waals surface area contributed by atoms with Gasteiger partial charge in [-0.3, -0.25) is 4.79 Å². The molecule has 0 saturated heterocycles. The van der Waals surface area contributed by atoms with E-state index in [4.69, 9.17) is 16.7 Å². The third-order valence-electron chi connectivity index (χ3n) is 2.02. The van der Waals surface area contributed by atoms with Gasteiger partial charge in [0.1, 0.15) is 5.82 Å². The number of rotatable bonds is 3. The van der Waals surface area contributed by atoms with Crippen molar-refractivity contribution < 1.29 is 14.3 Å². The Labute approximate surface area is 100 Å².